The van der Waals surface area contributed by atoms with Crippen molar-refractivity contribution in [1.82, 2.24) is 10.3 Å². The van der Waals surface area contributed by atoms with Crippen LogP contribution < -0.4 is 10.6 Å². The Labute approximate surface area is 97.6 Å². The van der Waals surface area contributed by atoms with E-state index in [9.17, 15) is 4.79 Å². The monoisotopic (exact) mass is 271 g/mol. The number of amides is 1. The van der Waals surface area contributed by atoms with Crippen molar-refractivity contribution in [2.24, 2.45) is 0 Å². The van der Waals surface area contributed by atoms with Crippen molar-refractivity contribution in [3.63, 3.8) is 0 Å². The highest BCUT2D eigenvalue weighted by molar-refractivity contribution is 9.10. The summed E-state index contributed by atoms with van der Waals surface area (Å²) >= 11 is 3.44. The molecule has 0 bridgehead atoms. The fourth-order valence-corrected chi connectivity index (χ4v) is 1.46. The third-order valence-corrected chi connectivity index (χ3v) is 3.01. The smallest absolute Gasteiger partial charge is 0.221 e. The molecular formula is C10H14BrN3O. The number of anilines is 1. The lowest BCUT2D eigenvalue weighted by Crippen LogP contribution is -2.21. The van der Waals surface area contributed by atoms with Crippen LogP contribution in [-0.4, -0.2) is 24.5 Å². The van der Waals surface area contributed by atoms with Crippen LogP contribution in [0, 0.1) is 6.92 Å². The molecule has 0 aliphatic carbocycles. The lowest BCUT2D eigenvalue weighted by atomic mass is 10.3. The van der Waals surface area contributed by atoms with Crippen LogP contribution in [0.15, 0.2) is 16.7 Å². The number of nitrogens with zero attached hydrogens (tertiary/aromatic N) is 1. The second-order valence-electron chi connectivity index (χ2n) is 3.14. The van der Waals surface area contributed by atoms with Crippen LogP contribution in [0.4, 0.5) is 5.82 Å². The second kappa shape index (κ2) is 5.70. The first-order chi connectivity index (χ1) is 7.15. The van der Waals surface area contributed by atoms with Gasteiger partial charge in [-0.25, -0.2) is 4.98 Å². The van der Waals surface area contributed by atoms with Gasteiger partial charge in [-0.05, 0) is 34.5 Å². The summed E-state index contributed by atoms with van der Waals surface area (Å²) in [5.41, 5.74) is 1.12. The predicted molar refractivity (Wildman–Crippen MR) is 63.8 cm³/mol. The van der Waals surface area contributed by atoms with Crippen molar-refractivity contribution < 1.29 is 4.79 Å². The molecule has 0 saturated heterocycles. The standard InChI is InChI=1S/C10H14BrN3O/c1-7-3-5-13-10(9(7)11)14-6-4-8(15)12-2/h3,5H,4,6H2,1-2H3,(H,12,15)(H,13,14). The van der Waals surface area contributed by atoms with Crippen molar-refractivity contribution in [2.45, 2.75) is 13.3 Å². The summed E-state index contributed by atoms with van der Waals surface area (Å²) in [6.45, 7) is 2.57. The SMILES string of the molecule is CNC(=O)CCNc1nccc(C)c1Br. The van der Waals surface area contributed by atoms with Gasteiger partial charge in [0.25, 0.3) is 0 Å². The van der Waals surface area contributed by atoms with Gasteiger partial charge in [0.05, 0.1) is 4.47 Å². The summed E-state index contributed by atoms with van der Waals surface area (Å²) in [7, 11) is 1.63. The van der Waals surface area contributed by atoms with Crippen molar-refractivity contribution in [1.29, 1.82) is 0 Å². The summed E-state index contributed by atoms with van der Waals surface area (Å²) in [5.74, 6) is 0.796. The Morgan fingerprint density at radius 1 is 1.60 bits per heavy atom. The number of hydrogen-bond donors (Lipinski definition) is 2. The Balaban J connectivity index is 2.51. The third kappa shape index (κ3) is 3.51. The molecule has 0 radical (unpaired) electrons. The molecule has 1 rings (SSSR count). The van der Waals surface area contributed by atoms with Crippen LogP contribution in [-0.2, 0) is 4.79 Å². The number of aromatic nitrogens is 1. The molecule has 1 heterocycles. The Morgan fingerprint density at radius 2 is 2.33 bits per heavy atom. The molecule has 0 unspecified atom stereocenters. The van der Waals surface area contributed by atoms with Crippen LogP contribution in [0.1, 0.15) is 12.0 Å². The molecule has 1 aromatic heterocycles. The van der Waals surface area contributed by atoms with Crippen molar-refractivity contribution in [2.75, 3.05) is 18.9 Å². The predicted octanol–water partition coefficient (Wildman–Crippen LogP) is 1.70. The van der Waals surface area contributed by atoms with E-state index in [1.165, 1.54) is 0 Å². The molecule has 0 saturated carbocycles. The molecule has 1 aromatic rings. The maximum Gasteiger partial charge on any atom is 0.221 e. The second-order valence-corrected chi connectivity index (χ2v) is 3.93. The Kier molecular flexibility index (Phi) is 4.55. The maximum absolute atomic E-state index is 11.0. The summed E-state index contributed by atoms with van der Waals surface area (Å²) in [4.78, 5) is 15.1. The van der Waals surface area contributed by atoms with E-state index in [-0.39, 0.29) is 5.91 Å². The Morgan fingerprint density at radius 3 is 3.00 bits per heavy atom. The number of carbonyl (C=O) groups is 1. The van der Waals surface area contributed by atoms with Gasteiger partial charge in [-0.3, -0.25) is 4.79 Å². The lowest BCUT2D eigenvalue weighted by Gasteiger charge is -2.08. The van der Waals surface area contributed by atoms with E-state index in [0.717, 1.165) is 15.9 Å². The molecule has 1 amide bonds. The Hall–Kier alpha value is -1.10. The number of aryl methyl sites for hydroxylation is 1. The first kappa shape index (κ1) is 12.0. The van der Waals surface area contributed by atoms with Gasteiger partial charge in [-0.2, -0.15) is 0 Å². The Bertz CT molecular complexity index is 355. The molecule has 2 N–H and O–H groups in total. The zero-order valence-electron chi connectivity index (χ0n) is 8.80. The lowest BCUT2D eigenvalue weighted by molar-refractivity contribution is -0.120. The number of rotatable bonds is 4. The van der Waals surface area contributed by atoms with E-state index in [0.29, 0.717) is 13.0 Å². The van der Waals surface area contributed by atoms with Gasteiger partial charge in [-0.15, -0.1) is 0 Å². The molecule has 0 spiro atoms. The first-order valence-corrected chi connectivity index (χ1v) is 5.50. The molecule has 0 aliphatic heterocycles. The fraction of sp³-hybridized carbons (Fsp3) is 0.400. The number of halogens is 1. The molecule has 0 aliphatic rings. The molecule has 0 atom stereocenters. The largest absolute Gasteiger partial charge is 0.369 e. The van der Waals surface area contributed by atoms with Gasteiger partial charge in [-0.1, -0.05) is 0 Å². The minimum Gasteiger partial charge on any atom is -0.369 e. The van der Waals surface area contributed by atoms with Gasteiger partial charge >= 0.3 is 0 Å². The van der Waals surface area contributed by atoms with Crippen molar-refractivity contribution >= 4 is 27.7 Å². The first-order valence-electron chi connectivity index (χ1n) is 4.70. The zero-order chi connectivity index (χ0) is 11.3. The molecule has 0 aromatic carbocycles. The van der Waals surface area contributed by atoms with Gasteiger partial charge in [0.15, 0.2) is 0 Å². The van der Waals surface area contributed by atoms with Crippen LogP contribution in [0.25, 0.3) is 0 Å². The maximum atomic E-state index is 11.0. The van der Waals surface area contributed by atoms with Crippen LogP contribution in [0.5, 0.6) is 0 Å². The fourth-order valence-electron chi connectivity index (χ4n) is 1.08. The minimum atomic E-state index is 0.0197. The molecule has 82 valence electrons. The van der Waals surface area contributed by atoms with Crippen molar-refractivity contribution in [3.05, 3.63) is 22.3 Å². The molecule has 4 nitrogen and oxygen atoms in total. The van der Waals surface area contributed by atoms with E-state index in [2.05, 4.69) is 31.5 Å². The summed E-state index contributed by atoms with van der Waals surface area (Å²) in [6.07, 6.45) is 2.18. The van der Waals surface area contributed by atoms with E-state index >= 15 is 0 Å². The number of hydrogen-bond acceptors (Lipinski definition) is 3. The molecular weight excluding hydrogens is 258 g/mol. The van der Waals surface area contributed by atoms with Crippen molar-refractivity contribution in [3.8, 4) is 0 Å². The molecule has 5 heteroatoms. The van der Waals surface area contributed by atoms with Crippen LogP contribution in [0.2, 0.25) is 0 Å². The average Bonchev–Trinajstić information content (AvgIpc) is 2.24. The van der Waals surface area contributed by atoms with Crippen LogP contribution in [0.3, 0.4) is 0 Å². The molecule has 0 fully saturated rings. The highest BCUT2D eigenvalue weighted by Crippen LogP contribution is 2.22. The number of nitrogens with one attached hydrogen (secondary N) is 2. The number of pyridine rings is 1. The van der Waals surface area contributed by atoms with E-state index < -0.39 is 0 Å². The summed E-state index contributed by atoms with van der Waals surface area (Å²) in [6, 6.07) is 1.92. The quantitative estimate of drug-likeness (QED) is 0.877. The van der Waals surface area contributed by atoms with E-state index in [1.807, 2.05) is 13.0 Å². The highest BCUT2D eigenvalue weighted by Gasteiger charge is 2.03. The minimum absolute atomic E-state index is 0.0197. The zero-order valence-corrected chi connectivity index (χ0v) is 10.4. The van der Waals surface area contributed by atoms with Gasteiger partial charge in [0, 0.05) is 26.2 Å². The molecule has 15 heavy (non-hydrogen) atoms. The summed E-state index contributed by atoms with van der Waals surface area (Å²) < 4.78 is 0.946. The van der Waals surface area contributed by atoms with Crippen LogP contribution >= 0.6 is 15.9 Å². The van der Waals surface area contributed by atoms with E-state index in [1.54, 1.807) is 13.2 Å². The van der Waals surface area contributed by atoms with E-state index in [4.69, 9.17) is 0 Å². The highest BCUT2D eigenvalue weighted by atomic mass is 79.9. The third-order valence-electron chi connectivity index (χ3n) is 2.01. The van der Waals surface area contributed by atoms with Gasteiger partial charge in [0.1, 0.15) is 5.82 Å². The van der Waals surface area contributed by atoms with Gasteiger partial charge in [0.2, 0.25) is 5.91 Å². The summed E-state index contributed by atoms with van der Waals surface area (Å²) in [5, 5.41) is 5.67. The van der Waals surface area contributed by atoms with Gasteiger partial charge < -0.3 is 10.6 Å². The normalized spacial score (nSPS) is 9.80. The number of carbonyl (C=O) groups excluding carboxylic acids is 1. The topological polar surface area (TPSA) is 54.0 Å². The average molecular weight is 272 g/mol.